The zero-order valence-electron chi connectivity index (χ0n) is 16.9. The molecule has 0 bridgehead atoms. The molecule has 0 aromatic heterocycles. The lowest BCUT2D eigenvalue weighted by Gasteiger charge is -2.21. The minimum Gasteiger partial charge on any atom is -0.481 e. The number of aliphatic hydroxyl groups is 1. The number of hydrogen-bond acceptors (Lipinski definition) is 8. The number of amides is 3. The van der Waals surface area contributed by atoms with Crippen LogP contribution in [0.3, 0.4) is 0 Å². The van der Waals surface area contributed by atoms with Gasteiger partial charge in [0, 0.05) is 6.54 Å². The highest BCUT2D eigenvalue weighted by Crippen LogP contribution is 2.01. The molecule has 0 aliphatic rings. The molecule has 0 spiro atoms. The van der Waals surface area contributed by atoms with E-state index in [1.165, 1.54) is 6.92 Å². The van der Waals surface area contributed by atoms with Gasteiger partial charge >= 0.3 is 11.9 Å². The van der Waals surface area contributed by atoms with E-state index < -0.39 is 66.9 Å². The van der Waals surface area contributed by atoms with Gasteiger partial charge in [-0.2, -0.15) is 0 Å². The maximum Gasteiger partial charge on any atom is 0.326 e. The molecule has 15 heteroatoms. The van der Waals surface area contributed by atoms with Crippen molar-refractivity contribution in [2.45, 2.75) is 50.4 Å². The van der Waals surface area contributed by atoms with E-state index in [0.29, 0.717) is 0 Å². The van der Waals surface area contributed by atoms with Crippen LogP contribution >= 0.6 is 0 Å². The SMILES string of the molecule is C[C@@H](O)[C@H](N)C(=O)NCC(=O)N[C@@H](CCCNC(=N)N)C(=O)N[C@@H](CC(=O)O)C(=O)O. The summed E-state index contributed by atoms with van der Waals surface area (Å²) in [6.07, 6.45) is -1.81. The summed E-state index contributed by atoms with van der Waals surface area (Å²) in [7, 11) is 0. The van der Waals surface area contributed by atoms with Gasteiger partial charge in [-0.05, 0) is 19.8 Å². The second-order valence-electron chi connectivity index (χ2n) is 6.58. The van der Waals surface area contributed by atoms with Crippen molar-refractivity contribution in [3.05, 3.63) is 0 Å². The fourth-order valence-corrected chi connectivity index (χ4v) is 2.19. The Bertz CT molecular complexity index is 685. The number of aliphatic hydroxyl groups excluding tert-OH is 1. The molecule has 4 atom stereocenters. The third kappa shape index (κ3) is 12.0. The van der Waals surface area contributed by atoms with Crippen LogP contribution in [0, 0.1) is 5.41 Å². The summed E-state index contributed by atoms with van der Waals surface area (Å²) >= 11 is 0. The molecule has 0 aliphatic carbocycles. The number of carbonyl (C=O) groups excluding carboxylic acids is 3. The quantitative estimate of drug-likeness (QED) is 0.0689. The first kappa shape index (κ1) is 27.5. The average molecular weight is 447 g/mol. The summed E-state index contributed by atoms with van der Waals surface area (Å²) in [5.41, 5.74) is 10.6. The number of guanidine groups is 1. The monoisotopic (exact) mass is 447 g/mol. The Labute approximate surface area is 177 Å². The van der Waals surface area contributed by atoms with Crippen LogP contribution in [0.15, 0.2) is 0 Å². The molecule has 15 nitrogen and oxygen atoms in total. The summed E-state index contributed by atoms with van der Waals surface area (Å²) in [5, 5.41) is 43.2. The number of carboxylic acids is 2. The first-order valence-electron chi connectivity index (χ1n) is 9.18. The topological polar surface area (TPSA) is 270 Å². The Morgan fingerprint density at radius 2 is 1.61 bits per heavy atom. The van der Waals surface area contributed by atoms with E-state index in [-0.39, 0.29) is 25.3 Å². The van der Waals surface area contributed by atoms with Gasteiger partial charge in [-0.25, -0.2) is 4.79 Å². The van der Waals surface area contributed by atoms with Crippen LogP contribution in [0.1, 0.15) is 26.2 Å². The van der Waals surface area contributed by atoms with Gasteiger partial charge in [0.1, 0.15) is 18.1 Å². The molecule has 0 aromatic rings. The molecule has 0 aromatic carbocycles. The Morgan fingerprint density at radius 1 is 1.00 bits per heavy atom. The van der Waals surface area contributed by atoms with E-state index in [1.54, 1.807) is 0 Å². The van der Waals surface area contributed by atoms with Gasteiger partial charge in [0.15, 0.2) is 5.96 Å². The zero-order chi connectivity index (χ0) is 24.1. The Kier molecular flexibility index (Phi) is 12.2. The molecule has 0 heterocycles. The van der Waals surface area contributed by atoms with Crippen molar-refractivity contribution in [3.63, 3.8) is 0 Å². The van der Waals surface area contributed by atoms with Gasteiger partial charge in [0.25, 0.3) is 0 Å². The molecule has 176 valence electrons. The first-order chi connectivity index (χ1) is 14.3. The fourth-order valence-electron chi connectivity index (χ4n) is 2.19. The lowest BCUT2D eigenvalue weighted by molar-refractivity contribution is -0.147. The maximum atomic E-state index is 12.4. The predicted octanol–water partition coefficient (Wildman–Crippen LogP) is -4.40. The average Bonchev–Trinajstić information content (AvgIpc) is 2.66. The van der Waals surface area contributed by atoms with Crippen molar-refractivity contribution in [3.8, 4) is 0 Å². The van der Waals surface area contributed by atoms with Crippen LogP contribution in [-0.4, -0.2) is 88.3 Å². The molecule has 0 saturated heterocycles. The first-order valence-corrected chi connectivity index (χ1v) is 9.18. The number of nitrogens with one attached hydrogen (secondary N) is 5. The smallest absolute Gasteiger partial charge is 0.326 e. The molecular weight excluding hydrogens is 418 g/mol. The molecule has 3 amide bonds. The van der Waals surface area contributed by atoms with Gasteiger partial charge in [-0.3, -0.25) is 24.6 Å². The van der Waals surface area contributed by atoms with Crippen molar-refractivity contribution in [2.75, 3.05) is 13.1 Å². The van der Waals surface area contributed by atoms with E-state index in [9.17, 15) is 29.1 Å². The highest BCUT2D eigenvalue weighted by molar-refractivity contribution is 5.93. The van der Waals surface area contributed by atoms with E-state index in [0.717, 1.165) is 0 Å². The summed E-state index contributed by atoms with van der Waals surface area (Å²) in [6, 6.07) is -4.25. The van der Waals surface area contributed by atoms with Crippen molar-refractivity contribution in [1.29, 1.82) is 5.41 Å². The number of aliphatic carboxylic acids is 2. The second kappa shape index (κ2) is 13.7. The Morgan fingerprint density at radius 3 is 2.10 bits per heavy atom. The third-order valence-electron chi connectivity index (χ3n) is 3.88. The van der Waals surface area contributed by atoms with E-state index in [1.807, 2.05) is 5.32 Å². The van der Waals surface area contributed by atoms with Crippen LogP contribution in [0.25, 0.3) is 0 Å². The van der Waals surface area contributed by atoms with Gasteiger partial charge in [-0.15, -0.1) is 0 Å². The lowest BCUT2D eigenvalue weighted by Crippen LogP contribution is -2.54. The third-order valence-corrected chi connectivity index (χ3v) is 3.88. The molecule has 0 fully saturated rings. The number of carbonyl (C=O) groups is 5. The van der Waals surface area contributed by atoms with Crippen LogP contribution in [-0.2, 0) is 24.0 Å². The van der Waals surface area contributed by atoms with Gasteiger partial charge in [0.05, 0.1) is 19.1 Å². The molecule has 0 saturated carbocycles. The number of nitrogens with two attached hydrogens (primary N) is 2. The molecular formula is C16H29N7O8. The predicted molar refractivity (Wildman–Crippen MR) is 106 cm³/mol. The van der Waals surface area contributed by atoms with E-state index >= 15 is 0 Å². The standard InChI is InChI=1S/C16H29N7O8/c1-7(24)12(17)14(29)21-6-10(25)22-8(3-2-4-20-16(18)19)13(28)23-9(15(30)31)5-11(26)27/h7-9,12,24H,2-6,17H2,1H3,(H,21,29)(H,22,25)(H,23,28)(H,26,27)(H,30,31)(H4,18,19,20)/t7-,8+,9+,12+/m1/s1. The molecule has 0 rings (SSSR count). The fraction of sp³-hybridized carbons (Fsp3) is 0.625. The molecule has 0 aliphatic heterocycles. The van der Waals surface area contributed by atoms with Crippen molar-refractivity contribution in [2.24, 2.45) is 11.5 Å². The highest BCUT2D eigenvalue weighted by Gasteiger charge is 2.28. The Hall–Kier alpha value is -3.46. The molecule has 0 radical (unpaired) electrons. The van der Waals surface area contributed by atoms with Crippen LogP contribution in [0.5, 0.6) is 0 Å². The van der Waals surface area contributed by atoms with Gasteiger partial charge in [-0.1, -0.05) is 0 Å². The lowest BCUT2D eigenvalue weighted by atomic mass is 10.1. The van der Waals surface area contributed by atoms with Crippen molar-refractivity contribution in [1.82, 2.24) is 21.3 Å². The molecule has 0 unspecified atom stereocenters. The number of carboxylic acid groups (broad SMARTS) is 2. The van der Waals surface area contributed by atoms with Crippen molar-refractivity contribution < 1.29 is 39.3 Å². The van der Waals surface area contributed by atoms with Crippen LogP contribution < -0.4 is 32.7 Å². The Balaban J connectivity index is 5.05. The minimum absolute atomic E-state index is 0.0155. The van der Waals surface area contributed by atoms with Crippen molar-refractivity contribution >= 4 is 35.6 Å². The molecule has 12 N–H and O–H groups in total. The largest absolute Gasteiger partial charge is 0.481 e. The van der Waals surface area contributed by atoms with Gasteiger partial charge < -0.3 is 48.1 Å². The van der Waals surface area contributed by atoms with Crippen LogP contribution in [0.2, 0.25) is 0 Å². The minimum atomic E-state index is -1.72. The highest BCUT2D eigenvalue weighted by atomic mass is 16.4. The summed E-state index contributed by atoms with van der Waals surface area (Å²) < 4.78 is 0. The second-order valence-corrected chi connectivity index (χ2v) is 6.58. The van der Waals surface area contributed by atoms with Gasteiger partial charge in [0.2, 0.25) is 17.7 Å². The van der Waals surface area contributed by atoms with E-state index in [4.69, 9.17) is 27.1 Å². The summed E-state index contributed by atoms with van der Waals surface area (Å²) in [5.74, 6) is -5.89. The maximum absolute atomic E-state index is 12.4. The van der Waals surface area contributed by atoms with E-state index in [2.05, 4.69) is 16.0 Å². The molecule has 31 heavy (non-hydrogen) atoms. The number of rotatable bonds is 14. The summed E-state index contributed by atoms with van der Waals surface area (Å²) in [6.45, 7) is 0.883. The number of hydrogen-bond donors (Lipinski definition) is 10. The normalized spacial score (nSPS) is 14.3. The summed E-state index contributed by atoms with van der Waals surface area (Å²) in [4.78, 5) is 58.2. The van der Waals surface area contributed by atoms with Crippen LogP contribution in [0.4, 0.5) is 0 Å². The zero-order valence-corrected chi connectivity index (χ0v) is 16.9.